The Balaban J connectivity index is 1.41. The highest BCUT2D eigenvalue weighted by atomic mass is 32.2. The van der Waals surface area contributed by atoms with Gasteiger partial charge in [-0.15, -0.1) is 0 Å². The van der Waals surface area contributed by atoms with E-state index in [1.807, 2.05) is 24.3 Å². The van der Waals surface area contributed by atoms with Crippen LogP contribution in [0.25, 0.3) is 0 Å². The van der Waals surface area contributed by atoms with Crippen molar-refractivity contribution in [1.29, 1.82) is 0 Å². The van der Waals surface area contributed by atoms with Crippen LogP contribution in [0.4, 0.5) is 0 Å². The fourth-order valence-corrected chi connectivity index (χ4v) is 4.85. The first kappa shape index (κ1) is 20.6. The van der Waals surface area contributed by atoms with Crippen molar-refractivity contribution in [2.24, 2.45) is 5.73 Å². The number of fused-ring (bicyclic) bond motifs is 1. The second kappa shape index (κ2) is 8.99. The van der Waals surface area contributed by atoms with Crippen molar-refractivity contribution in [2.45, 2.75) is 36.2 Å². The van der Waals surface area contributed by atoms with Gasteiger partial charge in [-0.1, -0.05) is 36.4 Å². The standard InChI is InChI=1S/C22H26N4O3S/c23-21-9-7-17-6-8-18(13-19(17)20(21)12-16-4-2-1-3-5-16)29-11-10-26-30(27,28)22-14-24-15-25-22/h1-6,8,13-15,20-21,26H,7,9-12,23H2,(H,24,25). The average Bonchev–Trinajstić information content (AvgIpc) is 3.30. The van der Waals surface area contributed by atoms with Gasteiger partial charge in [0.05, 0.1) is 6.33 Å². The molecule has 2 aromatic carbocycles. The highest BCUT2D eigenvalue weighted by Crippen LogP contribution is 2.35. The van der Waals surface area contributed by atoms with Gasteiger partial charge in [-0.25, -0.2) is 18.1 Å². The maximum absolute atomic E-state index is 12.1. The molecule has 4 N–H and O–H groups in total. The van der Waals surface area contributed by atoms with Crippen molar-refractivity contribution in [3.8, 4) is 5.75 Å². The second-order valence-electron chi connectivity index (χ2n) is 7.51. The monoisotopic (exact) mass is 426 g/mol. The fraction of sp³-hybridized carbons (Fsp3) is 0.318. The van der Waals surface area contributed by atoms with Crippen LogP contribution >= 0.6 is 0 Å². The number of H-pyrrole nitrogens is 1. The van der Waals surface area contributed by atoms with Crippen LogP contribution < -0.4 is 15.2 Å². The number of aromatic amines is 1. The van der Waals surface area contributed by atoms with E-state index < -0.39 is 10.0 Å². The zero-order valence-corrected chi connectivity index (χ0v) is 17.4. The van der Waals surface area contributed by atoms with Crippen molar-refractivity contribution in [3.63, 3.8) is 0 Å². The first-order chi connectivity index (χ1) is 14.5. The van der Waals surface area contributed by atoms with Crippen LogP contribution in [-0.4, -0.2) is 37.6 Å². The van der Waals surface area contributed by atoms with E-state index in [1.54, 1.807) is 0 Å². The largest absolute Gasteiger partial charge is 0.492 e. The maximum atomic E-state index is 12.1. The summed E-state index contributed by atoms with van der Waals surface area (Å²) in [6, 6.07) is 16.6. The summed E-state index contributed by atoms with van der Waals surface area (Å²) in [7, 11) is -3.63. The van der Waals surface area contributed by atoms with E-state index in [0.29, 0.717) is 0 Å². The Hall–Kier alpha value is -2.68. The highest BCUT2D eigenvalue weighted by Gasteiger charge is 2.27. The summed E-state index contributed by atoms with van der Waals surface area (Å²) in [5, 5.41) is -0.0333. The number of rotatable bonds is 8. The van der Waals surface area contributed by atoms with E-state index in [2.05, 4.69) is 39.0 Å². The second-order valence-corrected chi connectivity index (χ2v) is 9.23. The Bertz CT molecular complexity index is 1070. The lowest BCUT2D eigenvalue weighted by Gasteiger charge is -2.32. The molecule has 1 aliphatic carbocycles. The fourth-order valence-electron chi connectivity index (χ4n) is 3.93. The molecule has 0 amide bonds. The first-order valence-corrected chi connectivity index (χ1v) is 11.5. The van der Waals surface area contributed by atoms with E-state index in [-0.39, 0.29) is 30.1 Å². The summed E-state index contributed by atoms with van der Waals surface area (Å²) >= 11 is 0. The summed E-state index contributed by atoms with van der Waals surface area (Å²) in [6.45, 7) is 0.372. The molecule has 0 bridgehead atoms. The van der Waals surface area contributed by atoms with Gasteiger partial charge in [0.25, 0.3) is 10.0 Å². The number of benzene rings is 2. The van der Waals surface area contributed by atoms with E-state index in [4.69, 9.17) is 10.5 Å². The van der Waals surface area contributed by atoms with Crippen LogP contribution in [0.15, 0.2) is 66.1 Å². The normalized spacial score (nSPS) is 18.7. The SMILES string of the molecule is NC1CCc2ccc(OCCNS(=O)(=O)c3c[nH]cn3)cc2C1Cc1ccccc1. The van der Waals surface area contributed by atoms with Gasteiger partial charge >= 0.3 is 0 Å². The summed E-state index contributed by atoms with van der Waals surface area (Å²) in [5.74, 6) is 0.956. The minimum Gasteiger partial charge on any atom is -0.492 e. The number of nitrogens with two attached hydrogens (primary N) is 1. The zero-order chi connectivity index (χ0) is 21.0. The van der Waals surface area contributed by atoms with Gasteiger partial charge in [-0.2, -0.15) is 0 Å². The highest BCUT2D eigenvalue weighted by molar-refractivity contribution is 7.89. The quantitative estimate of drug-likeness (QED) is 0.479. The van der Waals surface area contributed by atoms with Gasteiger partial charge in [0.15, 0.2) is 5.03 Å². The number of hydrogen-bond acceptors (Lipinski definition) is 5. The number of nitrogens with zero attached hydrogens (tertiary/aromatic N) is 1. The number of ether oxygens (including phenoxy) is 1. The molecule has 1 aliphatic rings. The molecule has 4 rings (SSSR count). The summed E-state index contributed by atoms with van der Waals surface area (Å²) in [6.07, 6.45) is 5.49. The Morgan fingerprint density at radius 3 is 2.80 bits per heavy atom. The van der Waals surface area contributed by atoms with Gasteiger partial charge in [0, 0.05) is 24.7 Å². The number of aryl methyl sites for hydroxylation is 1. The zero-order valence-electron chi connectivity index (χ0n) is 16.6. The van der Waals surface area contributed by atoms with Crippen LogP contribution in [-0.2, 0) is 22.9 Å². The third kappa shape index (κ3) is 4.72. The molecule has 0 aliphatic heterocycles. The van der Waals surface area contributed by atoms with Crippen LogP contribution in [0, 0.1) is 0 Å². The molecule has 2 unspecified atom stereocenters. The molecule has 0 fully saturated rings. The van der Waals surface area contributed by atoms with Crippen LogP contribution in [0.5, 0.6) is 5.75 Å². The van der Waals surface area contributed by atoms with Crippen LogP contribution in [0.3, 0.4) is 0 Å². The lowest BCUT2D eigenvalue weighted by Crippen LogP contribution is -2.34. The molecule has 1 heterocycles. The summed E-state index contributed by atoms with van der Waals surface area (Å²) < 4.78 is 32.5. The van der Waals surface area contributed by atoms with E-state index in [9.17, 15) is 8.42 Å². The molecule has 30 heavy (non-hydrogen) atoms. The third-order valence-corrected chi connectivity index (χ3v) is 6.85. The molecular formula is C22H26N4O3S. The molecule has 3 aromatic rings. The van der Waals surface area contributed by atoms with Gasteiger partial charge in [0.1, 0.15) is 12.4 Å². The number of hydrogen-bond donors (Lipinski definition) is 3. The average molecular weight is 427 g/mol. The van der Waals surface area contributed by atoms with Crippen molar-refractivity contribution < 1.29 is 13.2 Å². The van der Waals surface area contributed by atoms with Crippen molar-refractivity contribution >= 4 is 10.0 Å². The lowest BCUT2D eigenvalue weighted by molar-refractivity contribution is 0.321. The van der Waals surface area contributed by atoms with Crippen molar-refractivity contribution in [3.05, 3.63) is 77.7 Å². The molecule has 8 heteroatoms. The number of aromatic nitrogens is 2. The lowest BCUT2D eigenvalue weighted by atomic mass is 9.76. The summed E-state index contributed by atoms with van der Waals surface area (Å²) in [5.41, 5.74) is 10.3. The van der Waals surface area contributed by atoms with Crippen LogP contribution in [0.1, 0.15) is 29.0 Å². The van der Waals surface area contributed by atoms with Gasteiger partial charge in [0.2, 0.25) is 0 Å². The van der Waals surface area contributed by atoms with Crippen molar-refractivity contribution in [1.82, 2.24) is 14.7 Å². The molecule has 2 atom stereocenters. The number of imidazole rings is 1. The van der Waals surface area contributed by atoms with Gasteiger partial charge < -0.3 is 15.5 Å². The molecule has 1 aromatic heterocycles. The minimum atomic E-state index is -3.63. The van der Waals surface area contributed by atoms with Gasteiger partial charge in [-0.05, 0) is 48.1 Å². The predicted octanol–water partition coefficient (Wildman–Crippen LogP) is 2.37. The molecule has 0 saturated heterocycles. The minimum absolute atomic E-state index is 0.0333. The summed E-state index contributed by atoms with van der Waals surface area (Å²) in [4.78, 5) is 6.40. The topological polar surface area (TPSA) is 110 Å². The molecule has 158 valence electrons. The van der Waals surface area contributed by atoms with Crippen molar-refractivity contribution in [2.75, 3.05) is 13.2 Å². The molecule has 7 nitrogen and oxygen atoms in total. The Labute approximate surface area is 176 Å². The number of nitrogens with one attached hydrogen (secondary N) is 2. The maximum Gasteiger partial charge on any atom is 0.259 e. The van der Waals surface area contributed by atoms with Crippen LogP contribution in [0.2, 0.25) is 0 Å². The van der Waals surface area contributed by atoms with E-state index in [1.165, 1.54) is 29.2 Å². The molecule has 0 radical (unpaired) electrons. The van der Waals surface area contributed by atoms with Gasteiger partial charge in [-0.3, -0.25) is 0 Å². The third-order valence-electron chi connectivity index (χ3n) is 5.49. The number of sulfonamides is 1. The Kier molecular flexibility index (Phi) is 6.17. The Morgan fingerprint density at radius 2 is 2.03 bits per heavy atom. The smallest absolute Gasteiger partial charge is 0.259 e. The van der Waals surface area contributed by atoms with E-state index in [0.717, 1.165) is 25.0 Å². The first-order valence-electron chi connectivity index (χ1n) is 10.1. The molecule has 0 spiro atoms. The molecule has 0 saturated carbocycles. The molecular weight excluding hydrogens is 400 g/mol. The Morgan fingerprint density at radius 1 is 1.20 bits per heavy atom. The predicted molar refractivity (Wildman–Crippen MR) is 115 cm³/mol. The van der Waals surface area contributed by atoms with E-state index >= 15 is 0 Å².